The van der Waals surface area contributed by atoms with Crippen molar-refractivity contribution in [1.82, 2.24) is 19.5 Å². The van der Waals surface area contributed by atoms with E-state index in [1.165, 1.54) is 0 Å². The van der Waals surface area contributed by atoms with Gasteiger partial charge in [-0.25, -0.2) is 4.98 Å². The highest BCUT2D eigenvalue weighted by molar-refractivity contribution is 5.81. The number of anilines is 1. The van der Waals surface area contributed by atoms with Gasteiger partial charge in [-0.1, -0.05) is 30.3 Å². The second kappa shape index (κ2) is 7.05. The third-order valence-electron chi connectivity index (χ3n) is 5.05. The van der Waals surface area contributed by atoms with Crippen LogP contribution in [0.15, 0.2) is 36.4 Å². The first kappa shape index (κ1) is 17.0. The minimum atomic E-state index is 0.220. The van der Waals surface area contributed by atoms with Gasteiger partial charge in [0.1, 0.15) is 5.82 Å². The number of aliphatic hydroxyl groups is 1. The molecule has 26 heavy (non-hydrogen) atoms. The van der Waals surface area contributed by atoms with E-state index < -0.39 is 0 Å². The second-order valence-corrected chi connectivity index (χ2v) is 6.87. The van der Waals surface area contributed by atoms with E-state index in [-0.39, 0.29) is 6.61 Å². The molecular weight excluding hydrogens is 326 g/mol. The first-order chi connectivity index (χ1) is 12.7. The maximum absolute atomic E-state index is 9.14. The van der Waals surface area contributed by atoms with Gasteiger partial charge in [0.05, 0.1) is 12.3 Å². The van der Waals surface area contributed by atoms with Gasteiger partial charge in [0.15, 0.2) is 5.65 Å². The third-order valence-corrected chi connectivity index (χ3v) is 5.05. The predicted molar refractivity (Wildman–Crippen MR) is 104 cm³/mol. The van der Waals surface area contributed by atoms with Gasteiger partial charge in [-0.3, -0.25) is 4.90 Å². The van der Waals surface area contributed by atoms with Crippen molar-refractivity contribution in [3.05, 3.63) is 47.8 Å². The molecule has 3 aromatic rings. The Morgan fingerprint density at radius 1 is 1.04 bits per heavy atom. The molecule has 136 valence electrons. The van der Waals surface area contributed by atoms with E-state index in [1.807, 2.05) is 17.5 Å². The molecule has 0 bridgehead atoms. The average molecular weight is 351 g/mol. The number of benzene rings is 1. The Bertz CT molecular complexity index is 897. The van der Waals surface area contributed by atoms with E-state index in [0.29, 0.717) is 0 Å². The Balaban J connectivity index is 1.75. The summed E-state index contributed by atoms with van der Waals surface area (Å²) in [5, 5.41) is 14.0. The number of nitrogens with zero attached hydrogens (tertiary/aromatic N) is 5. The van der Waals surface area contributed by atoms with E-state index in [0.717, 1.165) is 66.7 Å². The maximum Gasteiger partial charge on any atom is 0.165 e. The van der Waals surface area contributed by atoms with Gasteiger partial charge in [0.2, 0.25) is 0 Å². The molecule has 0 amide bonds. The van der Waals surface area contributed by atoms with Crippen LogP contribution in [0.3, 0.4) is 0 Å². The summed E-state index contributed by atoms with van der Waals surface area (Å²) < 4.78 is 1.99. The van der Waals surface area contributed by atoms with Crippen LogP contribution in [-0.4, -0.2) is 63.9 Å². The van der Waals surface area contributed by atoms with Crippen molar-refractivity contribution < 1.29 is 5.11 Å². The third kappa shape index (κ3) is 3.06. The van der Waals surface area contributed by atoms with Crippen LogP contribution in [0.4, 0.5) is 5.82 Å². The van der Waals surface area contributed by atoms with Gasteiger partial charge in [0, 0.05) is 50.0 Å². The zero-order valence-corrected chi connectivity index (χ0v) is 15.4. The first-order valence-corrected chi connectivity index (χ1v) is 9.18. The molecule has 0 atom stereocenters. The average Bonchev–Trinajstić information content (AvgIpc) is 2.98. The number of aliphatic hydroxyl groups excluding tert-OH is 1. The largest absolute Gasteiger partial charge is 0.395 e. The maximum atomic E-state index is 9.14. The van der Waals surface area contributed by atoms with Crippen LogP contribution in [0.1, 0.15) is 11.4 Å². The van der Waals surface area contributed by atoms with Gasteiger partial charge >= 0.3 is 0 Å². The number of fused-ring (bicyclic) bond motifs is 1. The second-order valence-electron chi connectivity index (χ2n) is 6.87. The van der Waals surface area contributed by atoms with Gasteiger partial charge in [-0.05, 0) is 19.4 Å². The van der Waals surface area contributed by atoms with Crippen molar-refractivity contribution in [3.63, 3.8) is 0 Å². The highest BCUT2D eigenvalue weighted by Crippen LogP contribution is 2.30. The number of hydrogen-bond acceptors (Lipinski definition) is 5. The standard InChI is InChI=1S/C20H25N5O/c1-15-14-18(24-10-8-23(9-11-24)12-13-26)25-20(21-15)19(16(2)22-25)17-6-4-3-5-7-17/h3-7,14,26H,8-13H2,1-2H3. The van der Waals surface area contributed by atoms with Crippen molar-refractivity contribution in [1.29, 1.82) is 0 Å². The van der Waals surface area contributed by atoms with Crippen molar-refractivity contribution in [2.24, 2.45) is 0 Å². The summed E-state index contributed by atoms with van der Waals surface area (Å²) in [6.07, 6.45) is 0. The number of aromatic nitrogens is 3. The SMILES string of the molecule is Cc1cc(N2CCN(CCO)CC2)n2nc(C)c(-c3ccccc3)c2n1. The lowest BCUT2D eigenvalue weighted by atomic mass is 10.1. The molecule has 0 aliphatic carbocycles. The smallest absolute Gasteiger partial charge is 0.165 e. The molecule has 1 aliphatic heterocycles. The lowest BCUT2D eigenvalue weighted by molar-refractivity contribution is 0.188. The first-order valence-electron chi connectivity index (χ1n) is 9.18. The van der Waals surface area contributed by atoms with E-state index in [9.17, 15) is 0 Å². The number of hydrogen-bond donors (Lipinski definition) is 1. The summed E-state index contributed by atoms with van der Waals surface area (Å²) in [6, 6.07) is 12.5. The molecule has 0 radical (unpaired) electrons. The van der Waals surface area contributed by atoms with Crippen LogP contribution in [0.5, 0.6) is 0 Å². The highest BCUT2D eigenvalue weighted by Gasteiger charge is 2.22. The molecule has 1 saturated heterocycles. The predicted octanol–water partition coefficient (Wildman–Crippen LogP) is 2.13. The van der Waals surface area contributed by atoms with Gasteiger partial charge in [0.25, 0.3) is 0 Å². The van der Waals surface area contributed by atoms with Crippen LogP contribution in [0, 0.1) is 13.8 Å². The van der Waals surface area contributed by atoms with Crippen LogP contribution in [0.2, 0.25) is 0 Å². The Kier molecular flexibility index (Phi) is 4.61. The van der Waals surface area contributed by atoms with Crippen molar-refractivity contribution >= 4 is 11.5 Å². The van der Waals surface area contributed by atoms with Crippen LogP contribution < -0.4 is 4.90 Å². The molecule has 1 fully saturated rings. The number of piperazine rings is 1. The van der Waals surface area contributed by atoms with E-state index in [4.69, 9.17) is 15.2 Å². The fourth-order valence-corrected chi connectivity index (χ4v) is 3.74. The summed E-state index contributed by atoms with van der Waals surface area (Å²) in [4.78, 5) is 9.47. The molecule has 4 rings (SSSR count). The lowest BCUT2D eigenvalue weighted by Gasteiger charge is -2.35. The molecule has 1 aliphatic rings. The molecule has 1 aromatic carbocycles. The summed E-state index contributed by atoms with van der Waals surface area (Å²) in [7, 11) is 0. The molecule has 0 unspecified atom stereocenters. The van der Waals surface area contributed by atoms with Crippen LogP contribution >= 0.6 is 0 Å². The fourth-order valence-electron chi connectivity index (χ4n) is 3.74. The Morgan fingerprint density at radius 3 is 2.46 bits per heavy atom. The summed E-state index contributed by atoms with van der Waals surface area (Å²) in [5.74, 6) is 1.10. The van der Waals surface area contributed by atoms with Gasteiger partial charge in [-0.2, -0.15) is 9.61 Å². The Labute approximate surface area is 153 Å². The monoisotopic (exact) mass is 351 g/mol. The highest BCUT2D eigenvalue weighted by atomic mass is 16.3. The topological polar surface area (TPSA) is 56.9 Å². The number of aryl methyl sites for hydroxylation is 2. The number of β-amino-alcohol motifs (C(OH)–C–C–N with tert-alkyl or cyclic N) is 1. The zero-order chi connectivity index (χ0) is 18.1. The molecular formula is C20H25N5O. The Hall–Kier alpha value is -2.44. The zero-order valence-electron chi connectivity index (χ0n) is 15.4. The van der Waals surface area contributed by atoms with Crippen molar-refractivity contribution in [2.45, 2.75) is 13.8 Å². The molecule has 6 heteroatoms. The van der Waals surface area contributed by atoms with Crippen molar-refractivity contribution in [3.8, 4) is 11.1 Å². The van der Waals surface area contributed by atoms with E-state index in [1.54, 1.807) is 0 Å². The Morgan fingerprint density at radius 2 is 1.77 bits per heavy atom. The summed E-state index contributed by atoms with van der Waals surface area (Å²) >= 11 is 0. The quantitative estimate of drug-likeness (QED) is 0.780. The molecule has 0 spiro atoms. The van der Waals surface area contributed by atoms with Crippen LogP contribution in [-0.2, 0) is 0 Å². The van der Waals surface area contributed by atoms with Crippen molar-refractivity contribution in [2.75, 3.05) is 44.2 Å². The minimum Gasteiger partial charge on any atom is -0.395 e. The fraction of sp³-hybridized carbons (Fsp3) is 0.400. The number of rotatable bonds is 4. The van der Waals surface area contributed by atoms with Gasteiger partial charge in [-0.15, -0.1) is 0 Å². The lowest BCUT2D eigenvalue weighted by Crippen LogP contribution is -2.47. The molecule has 1 N–H and O–H groups in total. The molecule has 6 nitrogen and oxygen atoms in total. The van der Waals surface area contributed by atoms with E-state index in [2.05, 4.69) is 47.1 Å². The molecule has 0 saturated carbocycles. The summed E-state index contributed by atoms with van der Waals surface area (Å²) in [5.41, 5.74) is 5.17. The van der Waals surface area contributed by atoms with E-state index >= 15 is 0 Å². The normalized spacial score (nSPS) is 15.7. The molecule has 3 heterocycles. The van der Waals surface area contributed by atoms with Gasteiger partial charge < -0.3 is 10.0 Å². The van der Waals surface area contributed by atoms with Crippen LogP contribution in [0.25, 0.3) is 16.8 Å². The minimum absolute atomic E-state index is 0.220. The molecule has 2 aromatic heterocycles. The summed E-state index contributed by atoms with van der Waals surface area (Å²) in [6.45, 7) is 8.83.